The third-order valence-electron chi connectivity index (χ3n) is 2.42. The van der Waals surface area contributed by atoms with E-state index in [-0.39, 0.29) is 5.97 Å². The van der Waals surface area contributed by atoms with Gasteiger partial charge in [-0.05, 0) is 38.4 Å². The first-order valence-electron chi connectivity index (χ1n) is 5.79. The summed E-state index contributed by atoms with van der Waals surface area (Å²) in [7, 11) is 3.92. The lowest BCUT2D eigenvalue weighted by atomic mass is 10.1. The number of carbonyl (C=O) groups is 1. The van der Waals surface area contributed by atoms with E-state index < -0.39 is 0 Å². The summed E-state index contributed by atoms with van der Waals surface area (Å²) in [5, 5.41) is 0. The monoisotopic (exact) mass is 222 g/mol. The zero-order chi connectivity index (χ0) is 11.8. The maximum Gasteiger partial charge on any atom is 0.306 e. The van der Waals surface area contributed by atoms with Crippen LogP contribution in [0.5, 0.6) is 0 Å². The van der Waals surface area contributed by atoms with E-state index >= 15 is 0 Å². The molecule has 90 valence electrons. The maximum atomic E-state index is 11.1. The molecule has 0 atom stereocenters. The zero-order valence-electron chi connectivity index (χ0n) is 9.95. The van der Waals surface area contributed by atoms with Gasteiger partial charge >= 0.3 is 5.97 Å². The molecule has 3 nitrogen and oxygen atoms in total. The number of allylic oxidation sites excluding steroid dienone is 2. The summed E-state index contributed by atoms with van der Waals surface area (Å²) in [6.07, 6.45) is 9.18. The Morgan fingerprint density at radius 2 is 2.38 bits per heavy atom. The quantitative estimate of drug-likeness (QED) is 0.510. The molecule has 0 fully saturated rings. The Hall–Kier alpha value is -1.09. The molecule has 0 aromatic carbocycles. The van der Waals surface area contributed by atoms with E-state index in [1.54, 1.807) is 0 Å². The molecule has 3 heteroatoms. The van der Waals surface area contributed by atoms with Crippen LogP contribution in [0.2, 0.25) is 0 Å². The fraction of sp³-hybridized carbons (Fsp3) is 0.538. The van der Waals surface area contributed by atoms with Crippen molar-refractivity contribution in [2.45, 2.75) is 26.2 Å². The van der Waals surface area contributed by atoms with Crippen LogP contribution in [0.25, 0.3) is 0 Å². The van der Waals surface area contributed by atoms with Gasteiger partial charge in [0.15, 0.2) is 0 Å². The van der Waals surface area contributed by atoms with Gasteiger partial charge in [0.05, 0.1) is 13.0 Å². The Bertz CT molecular complexity index is 282. The molecule has 0 radical (unpaired) electrons. The second kappa shape index (κ2) is 7.23. The zero-order valence-corrected chi connectivity index (χ0v) is 9.95. The van der Waals surface area contributed by atoms with Gasteiger partial charge in [0.2, 0.25) is 0 Å². The van der Waals surface area contributed by atoms with Crippen LogP contribution < -0.4 is 0 Å². The molecule has 16 heavy (non-hydrogen) atoms. The number of ether oxygens (including phenoxy) is 1. The molecule has 1 aliphatic carbocycles. The molecule has 0 saturated heterocycles. The minimum Gasteiger partial charge on any atom is -0.466 e. The molecule has 1 aliphatic rings. The highest BCUT2D eigenvalue weighted by atomic mass is 16.5. The van der Waals surface area contributed by atoms with Gasteiger partial charge in [0.25, 0.3) is 0 Å². The molecule has 0 aliphatic heterocycles. The summed E-state index contributed by atoms with van der Waals surface area (Å²) in [5.74, 6) is -0.149. The maximum absolute atomic E-state index is 11.1. The Morgan fingerprint density at radius 1 is 1.56 bits per heavy atom. The second-order valence-corrected chi connectivity index (χ2v) is 3.87. The van der Waals surface area contributed by atoms with Crippen molar-refractivity contribution < 1.29 is 9.53 Å². The molecular formula is C13H20NO2-. The molecule has 0 N–H and O–H groups in total. The number of esters is 1. The molecule has 0 spiro atoms. The second-order valence-electron chi connectivity index (χ2n) is 3.87. The van der Waals surface area contributed by atoms with E-state index in [4.69, 9.17) is 4.74 Å². The lowest BCUT2D eigenvalue weighted by Gasteiger charge is -2.25. The van der Waals surface area contributed by atoms with Gasteiger partial charge < -0.3 is 9.64 Å². The predicted molar refractivity (Wildman–Crippen MR) is 64.6 cm³/mol. The summed E-state index contributed by atoms with van der Waals surface area (Å²) in [6, 6.07) is 0. The molecular weight excluding hydrogens is 202 g/mol. The summed E-state index contributed by atoms with van der Waals surface area (Å²) < 4.78 is 4.86. The van der Waals surface area contributed by atoms with Gasteiger partial charge in [-0.25, -0.2) is 0 Å². The van der Waals surface area contributed by atoms with Crippen LogP contribution in [0.3, 0.4) is 0 Å². The fourth-order valence-electron chi connectivity index (χ4n) is 1.60. The lowest BCUT2D eigenvalue weighted by Crippen LogP contribution is -2.22. The molecule has 0 amide bonds. The average Bonchev–Trinajstić information content (AvgIpc) is 2.28. The SMILES string of the molecule is [CH2-]N(CCC(=O)OCC)CC1=CCCC=C1. The minimum atomic E-state index is -0.149. The summed E-state index contributed by atoms with van der Waals surface area (Å²) in [5.41, 5.74) is 1.28. The highest BCUT2D eigenvalue weighted by Crippen LogP contribution is 2.10. The van der Waals surface area contributed by atoms with Gasteiger partial charge in [-0.3, -0.25) is 11.8 Å². The summed E-state index contributed by atoms with van der Waals surface area (Å²) in [4.78, 5) is 13.0. The predicted octanol–water partition coefficient (Wildman–Crippen LogP) is 2.31. The minimum absolute atomic E-state index is 0.149. The van der Waals surface area contributed by atoms with Gasteiger partial charge in [-0.1, -0.05) is 18.2 Å². The number of rotatable bonds is 6. The van der Waals surface area contributed by atoms with Crippen molar-refractivity contribution in [1.82, 2.24) is 4.90 Å². The summed E-state index contributed by atoms with van der Waals surface area (Å²) >= 11 is 0. The van der Waals surface area contributed by atoms with E-state index in [0.29, 0.717) is 19.6 Å². The van der Waals surface area contributed by atoms with Crippen molar-refractivity contribution in [3.63, 3.8) is 0 Å². The standard InChI is InChI=1S/C13H20NO2/c1-3-16-13(15)9-10-14(2)11-12-7-5-4-6-8-12/h5,7-8H,2-4,6,9-11H2,1H3/q-1. The van der Waals surface area contributed by atoms with E-state index in [2.05, 4.69) is 25.3 Å². The fourth-order valence-corrected chi connectivity index (χ4v) is 1.60. The van der Waals surface area contributed by atoms with Crippen LogP contribution in [0.15, 0.2) is 23.8 Å². The van der Waals surface area contributed by atoms with Crippen LogP contribution >= 0.6 is 0 Å². The Balaban J connectivity index is 2.20. The van der Waals surface area contributed by atoms with Gasteiger partial charge in [0, 0.05) is 0 Å². The normalized spacial score (nSPS) is 15.1. The number of hydrogen-bond acceptors (Lipinski definition) is 3. The Kier molecular flexibility index (Phi) is 5.86. The van der Waals surface area contributed by atoms with Gasteiger partial charge in [-0.15, -0.1) is 0 Å². The first kappa shape index (κ1) is 13.0. The van der Waals surface area contributed by atoms with Crippen molar-refractivity contribution in [1.29, 1.82) is 0 Å². The lowest BCUT2D eigenvalue weighted by molar-refractivity contribution is -0.143. The number of hydrogen-bond donors (Lipinski definition) is 0. The smallest absolute Gasteiger partial charge is 0.306 e. The third-order valence-corrected chi connectivity index (χ3v) is 2.42. The molecule has 1 rings (SSSR count). The van der Waals surface area contributed by atoms with E-state index in [1.807, 2.05) is 11.8 Å². The van der Waals surface area contributed by atoms with Gasteiger partial charge in [0.1, 0.15) is 0 Å². The third kappa shape index (κ3) is 5.12. The Labute approximate surface area is 97.8 Å². The molecule has 0 heterocycles. The van der Waals surface area contributed by atoms with Crippen LogP contribution in [-0.2, 0) is 9.53 Å². The van der Waals surface area contributed by atoms with Crippen molar-refractivity contribution in [2.75, 3.05) is 19.7 Å². The largest absolute Gasteiger partial charge is 0.466 e. The van der Waals surface area contributed by atoms with Crippen molar-refractivity contribution in [2.24, 2.45) is 0 Å². The van der Waals surface area contributed by atoms with Crippen LogP contribution in [-0.4, -0.2) is 30.6 Å². The van der Waals surface area contributed by atoms with E-state index in [9.17, 15) is 4.79 Å². The average molecular weight is 222 g/mol. The van der Waals surface area contributed by atoms with Crippen molar-refractivity contribution in [3.8, 4) is 0 Å². The van der Waals surface area contributed by atoms with Crippen LogP contribution in [0.1, 0.15) is 26.2 Å². The highest BCUT2D eigenvalue weighted by molar-refractivity contribution is 5.69. The van der Waals surface area contributed by atoms with E-state index in [1.165, 1.54) is 5.57 Å². The first-order valence-corrected chi connectivity index (χ1v) is 5.79. The molecule has 0 bridgehead atoms. The van der Waals surface area contributed by atoms with Crippen molar-refractivity contribution in [3.05, 3.63) is 30.8 Å². The van der Waals surface area contributed by atoms with Crippen molar-refractivity contribution >= 4 is 5.97 Å². The number of nitrogens with zero attached hydrogens (tertiary/aromatic N) is 1. The first-order chi connectivity index (χ1) is 7.72. The van der Waals surface area contributed by atoms with E-state index in [0.717, 1.165) is 19.4 Å². The molecule has 0 unspecified atom stereocenters. The topological polar surface area (TPSA) is 29.5 Å². The number of carbonyl (C=O) groups excluding carboxylic acids is 1. The van der Waals surface area contributed by atoms with Crippen LogP contribution in [0, 0.1) is 7.05 Å². The summed E-state index contributed by atoms with van der Waals surface area (Å²) in [6.45, 7) is 3.71. The Morgan fingerprint density at radius 3 is 3.00 bits per heavy atom. The molecule has 0 aromatic heterocycles. The van der Waals surface area contributed by atoms with Crippen LogP contribution in [0.4, 0.5) is 0 Å². The van der Waals surface area contributed by atoms with Gasteiger partial charge in [-0.2, -0.15) is 0 Å². The highest BCUT2D eigenvalue weighted by Gasteiger charge is 2.03. The molecule has 0 saturated carbocycles. The molecule has 0 aromatic rings.